The Morgan fingerprint density at radius 1 is 1.37 bits per heavy atom. The molecule has 0 amide bonds. The number of aryl methyl sites for hydroxylation is 1. The molecule has 1 aliphatic heterocycles. The van der Waals surface area contributed by atoms with Crippen molar-refractivity contribution in [3.8, 4) is 0 Å². The lowest BCUT2D eigenvalue weighted by atomic mass is 10.0. The number of aromatic nitrogens is 3. The number of rotatable bonds is 3. The first-order chi connectivity index (χ1) is 9.29. The van der Waals surface area contributed by atoms with E-state index < -0.39 is 0 Å². The van der Waals surface area contributed by atoms with E-state index in [2.05, 4.69) is 34.5 Å². The Morgan fingerprint density at radius 2 is 2.26 bits per heavy atom. The highest BCUT2D eigenvalue weighted by Crippen LogP contribution is 2.20. The Bertz CT molecular complexity index is 560. The summed E-state index contributed by atoms with van der Waals surface area (Å²) in [4.78, 5) is 11.7. The number of pyridine rings is 1. The van der Waals surface area contributed by atoms with Crippen LogP contribution in [0.3, 0.4) is 0 Å². The summed E-state index contributed by atoms with van der Waals surface area (Å²) in [7, 11) is 2.24. The van der Waals surface area contributed by atoms with E-state index in [-0.39, 0.29) is 0 Å². The minimum atomic E-state index is 0.624. The average Bonchev–Trinajstić information content (AvgIpc) is 2.79. The first kappa shape index (κ1) is 12.6. The summed E-state index contributed by atoms with van der Waals surface area (Å²) < 4.78 is 2.32. The van der Waals surface area contributed by atoms with Gasteiger partial charge in [-0.15, -0.1) is 0 Å². The fraction of sp³-hybridized carbons (Fsp3) is 0.600. The van der Waals surface area contributed by atoms with Gasteiger partial charge in [0.15, 0.2) is 5.65 Å². The molecule has 4 heteroatoms. The van der Waals surface area contributed by atoms with Gasteiger partial charge in [0.05, 0.1) is 0 Å². The van der Waals surface area contributed by atoms with Gasteiger partial charge in [-0.25, -0.2) is 9.97 Å². The zero-order chi connectivity index (χ0) is 13.2. The minimum Gasteiger partial charge on any atom is -0.311 e. The SMILES string of the molecule is CCc1nc2cccnc2n1CC1CCCCN1C. The first-order valence-electron chi connectivity index (χ1n) is 7.30. The molecule has 1 fully saturated rings. The molecule has 3 rings (SSSR count). The molecule has 0 N–H and O–H groups in total. The predicted octanol–water partition coefficient (Wildman–Crippen LogP) is 2.48. The van der Waals surface area contributed by atoms with Gasteiger partial charge in [-0.2, -0.15) is 0 Å². The Hall–Kier alpha value is -1.42. The summed E-state index contributed by atoms with van der Waals surface area (Å²) in [6.45, 7) is 4.40. The van der Waals surface area contributed by atoms with Crippen LogP contribution in [0.15, 0.2) is 18.3 Å². The lowest BCUT2D eigenvalue weighted by Gasteiger charge is -2.33. The molecule has 0 bridgehead atoms. The van der Waals surface area contributed by atoms with Crippen molar-refractivity contribution in [2.75, 3.05) is 13.6 Å². The van der Waals surface area contributed by atoms with Gasteiger partial charge in [-0.05, 0) is 38.6 Å². The fourth-order valence-corrected chi connectivity index (χ4v) is 3.05. The highest BCUT2D eigenvalue weighted by molar-refractivity contribution is 5.71. The molecule has 102 valence electrons. The Morgan fingerprint density at radius 3 is 3.05 bits per heavy atom. The second-order valence-corrected chi connectivity index (χ2v) is 5.47. The van der Waals surface area contributed by atoms with E-state index in [0.717, 1.165) is 30.0 Å². The van der Waals surface area contributed by atoms with Crippen LogP contribution in [0.4, 0.5) is 0 Å². The van der Waals surface area contributed by atoms with Gasteiger partial charge in [0, 0.05) is 25.2 Å². The van der Waals surface area contributed by atoms with Gasteiger partial charge in [0.25, 0.3) is 0 Å². The summed E-state index contributed by atoms with van der Waals surface area (Å²) in [5, 5.41) is 0. The number of fused-ring (bicyclic) bond motifs is 1. The van der Waals surface area contributed by atoms with Gasteiger partial charge in [-0.1, -0.05) is 13.3 Å². The van der Waals surface area contributed by atoms with E-state index in [4.69, 9.17) is 4.98 Å². The van der Waals surface area contributed by atoms with Gasteiger partial charge in [-0.3, -0.25) is 0 Å². The van der Waals surface area contributed by atoms with Crippen LogP contribution < -0.4 is 0 Å². The van der Waals surface area contributed by atoms with Crippen LogP contribution in [-0.2, 0) is 13.0 Å². The standard InChI is InChI=1S/C15H22N4/c1-3-14-17-13-8-6-9-16-15(13)19(14)11-12-7-4-5-10-18(12)2/h6,8-9,12H,3-5,7,10-11H2,1-2H3. The van der Waals surface area contributed by atoms with E-state index >= 15 is 0 Å². The highest BCUT2D eigenvalue weighted by atomic mass is 15.2. The maximum atomic E-state index is 4.70. The molecule has 2 aromatic rings. The molecule has 0 aromatic carbocycles. The second kappa shape index (κ2) is 5.29. The molecule has 0 saturated carbocycles. The van der Waals surface area contributed by atoms with E-state index in [9.17, 15) is 0 Å². The summed E-state index contributed by atoms with van der Waals surface area (Å²) in [6, 6.07) is 4.65. The fourth-order valence-electron chi connectivity index (χ4n) is 3.05. The quantitative estimate of drug-likeness (QED) is 0.848. The van der Waals surface area contributed by atoms with E-state index in [1.54, 1.807) is 0 Å². The first-order valence-corrected chi connectivity index (χ1v) is 7.30. The second-order valence-electron chi connectivity index (χ2n) is 5.47. The summed E-state index contributed by atoms with van der Waals surface area (Å²) in [6.07, 6.45) is 6.79. The van der Waals surface area contributed by atoms with Crippen molar-refractivity contribution in [2.24, 2.45) is 0 Å². The summed E-state index contributed by atoms with van der Waals surface area (Å²) in [5.41, 5.74) is 2.07. The third-order valence-corrected chi connectivity index (χ3v) is 4.21. The van der Waals surface area contributed by atoms with Crippen molar-refractivity contribution in [1.82, 2.24) is 19.4 Å². The monoisotopic (exact) mass is 258 g/mol. The van der Waals surface area contributed by atoms with Crippen LogP contribution in [0.1, 0.15) is 32.0 Å². The Kier molecular flexibility index (Phi) is 3.51. The molecular formula is C15H22N4. The third-order valence-electron chi connectivity index (χ3n) is 4.21. The largest absolute Gasteiger partial charge is 0.311 e. The highest BCUT2D eigenvalue weighted by Gasteiger charge is 2.21. The minimum absolute atomic E-state index is 0.624. The molecule has 19 heavy (non-hydrogen) atoms. The van der Waals surface area contributed by atoms with Crippen molar-refractivity contribution >= 4 is 11.2 Å². The number of piperidine rings is 1. The summed E-state index contributed by atoms with van der Waals surface area (Å²) >= 11 is 0. The zero-order valence-corrected chi connectivity index (χ0v) is 11.8. The average molecular weight is 258 g/mol. The normalized spacial score (nSPS) is 21.1. The van der Waals surface area contributed by atoms with Crippen molar-refractivity contribution in [3.05, 3.63) is 24.2 Å². The molecule has 1 unspecified atom stereocenters. The van der Waals surface area contributed by atoms with Crippen LogP contribution in [0, 0.1) is 0 Å². The van der Waals surface area contributed by atoms with Crippen molar-refractivity contribution in [1.29, 1.82) is 0 Å². The maximum absolute atomic E-state index is 4.70. The third kappa shape index (κ3) is 2.37. The molecule has 1 aliphatic rings. The van der Waals surface area contributed by atoms with Crippen LogP contribution >= 0.6 is 0 Å². The lowest BCUT2D eigenvalue weighted by molar-refractivity contribution is 0.167. The molecule has 0 radical (unpaired) electrons. The molecular weight excluding hydrogens is 236 g/mol. The van der Waals surface area contributed by atoms with Gasteiger partial charge in [0.1, 0.15) is 11.3 Å². The number of nitrogens with zero attached hydrogens (tertiary/aromatic N) is 4. The summed E-state index contributed by atoms with van der Waals surface area (Å²) in [5.74, 6) is 1.16. The lowest BCUT2D eigenvalue weighted by Crippen LogP contribution is -2.39. The van der Waals surface area contributed by atoms with E-state index in [0.29, 0.717) is 6.04 Å². The molecule has 3 heterocycles. The van der Waals surface area contributed by atoms with Crippen LogP contribution in [0.5, 0.6) is 0 Å². The maximum Gasteiger partial charge on any atom is 0.160 e. The van der Waals surface area contributed by atoms with Gasteiger partial charge < -0.3 is 9.47 Å². The molecule has 2 aromatic heterocycles. The van der Waals surface area contributed by atoms with Crippen LogP contribution in [-0.4, -0.2) is 39.1 Å². The molecule has 1 atom stereocenters. The van der Waals surface area contributed by atoms with Gasteiger partial charge >= 0.3 is 0 Å². The van der Waals surface area contributed by atoms with Gasteiger partial charge in [0.2, 0.25) is 0 Å². The number of hydrogen-bond donors (Lipinski definition) is 0. The van der Waals surface area contributed by atoms with Crippen molar-refractivity contribution in [2.45, 2.75) is 45.2 Å². The number of hydrogen-bond acceptors (Lipinski definition) is 3. The zero-order valence-electron chi connectivity index (χ0n) is 11.8. The number of likely N-dealkylation sites (tertiary alicyclic amines) is 1. The predicted molar refractivity (Wildman–Crippen MR) is 77.2 cm³/mol. The van der Waals surface area contributed by atoms with Crippen molar-refractivity contribution in [3.63, 3.8) is 0 Å². The van der Waals surface area contributed by atoms with Crippen LogP contribution in [0.25, 0.3) is 11.2 Å². The molecule has 4 nitrogen and oxygen atoms in total. The smallest absolute Gasteiger partial charge is 0.160 e. The van der Waals surface area contributed by atoms with E-state index in [1.165, 1.54) is 25.8 Å². The number of imidazole rings is 1. The molecule has 0 aliphatic carbocycles. The molecule has 0 spiro atoms. The Labute approximate surface area is 114 Å². The topological polar surface area (TPSA) is 34.0 Å². The number of likely N-dealkylation sites (N-methyl/N-ethyl adjacent to an activating group) is 1. The van der Waals surface area contributed by atoms with Crippen molar-refractivity contribution < 1.29 is 0 Å². The molecule has 1 saturated heterocycles. The van der Waals surface area contributed by atoms with Crippen LogP contribution in [0.2, 0.25) is 0 Å². The van der Waals surface area contributed by atoms with E-state index in [1.807, 2.05) is 12.3 Å². The Balaban J connectivity index is 1.94.